The minimum absolute atomic E-state index is 0.0159. The van der Waals surface area contributed by atoms with Crippen molar-refractivity contribution in [2.24, 2.45) is 0 Å². The summed E-state index contributed by atoms with van der Waals surface area (Å²) in [7, 11) is 1.54. The number of aromatic nitrogens is 2. The highest BCUT2D eigenvalue weighted by Gasteiger charge is 2.35. The van der Waals surface area contributed by atoms with Gasteiger partial charge in [-0.2, -0.15) is 13.2 Å². The number of alkyl halides is 3. The third kappa shape index (κ3) is 5.25. The summed E-state index contributed by atoms with van der Waals surface area (Å²) < 4.78 is 44.0. The second-order valence-electron chi connectivity index (χ2n) is 8.10. The SMILES string of the molecule is COCC1CN(c2ccc(Nc3ncc(C(F)(F)F)c(Cl)n3)c(C3CC3)c2)CCN1C(=O)O. The monoisotopic (exact) mass is 485 g/mol. The molecule has 2 aromatic rings. The molecular weight excluding hydrogens is 463 g/mol. The van der Waals surface area contributed by atoms with Crippen LogP contribution in [0.2, 0.25) is 5.15 Å². The molecule has 4 rings (SSSR count). The number of nitrogens with zero attached hydrogens (tertiary/aromatic N) is 4. The second kappa shape index (κ2) is 9.22. The molecule has 2 N–H and O–H groups in total. The lowest BCUT2D eigenvalue weighted by atomic mass is 10.1. The van der Waals surface area contributed by atoms with Gasteiger partial charge in [-0.05, 0) is 42.5 Å². The fourth-order valence-corrected chi connectivity index (χ4v) is 4.24. The fraction of sp³-hybridized carbons (Fsp3) is 0.476. The zero-order valence-electron chi connectivity index (χ0n) is 17.8. The molecule has 1 aromatic heterocycles. The summed E-state index contributed by atoms with van der Waals surface area (Å²) in [6, 6.07) is 5.48. The topological polar surface area (TPSA) is 90.8 Å². The maximum absolute atomic E-state index is 12.9. The number of piperazine rings is 1. The number of hydrogen-bond donors (Lipinski definition) is 2. The van der Waals surface area contributed by atoms with E-state index in [2.05, 4.69) is 20.2 Å². The third-order valence-corrected chi connectivity index (χ3v) is 6.09. The highest BCUT2D eigenvalue weighted by atomic mass is 35.5. The van der Waals surface area contributed by atoms with Crippen LogP contribution in [0, 0.1) is 0 Å². The smallest absolute Gasteiger partial charge is 0.420 e. The molecule has 1 atom stereocenters. The molecule has 1 aliphatic carbocycles. The summed E-state index contributed by atoms with van der Waals surface area (Å²) in [5.41, 5.74) is 1.57. The van der Waals surface area contributed by atoms with Crippen molar-refractivity contribution < 1.29 is 27.8 Å². The van der Waals surface area contributed by atoms with Crippen molar-refractivity contribution in [3.8, 4) is 0 Å². The molecule has 0 radical (unpaired) electrons. The van der Waals surface area contributed by atoms with Crippen molar-refractivity contribution >= 4 is 35.0 Å². The van der Waals surface area contributed by atoms with E-state index in [1.807, 2.05) is 18.2 Å². The molecule has 1 unspecified atom stereocenters. The summed E-state index contributed by atoms with van der Waals surface area (Å²) in [5.74, 6) is 0.310. The standard InChI is InChI=1S/C21H23ClF3N5O3/c1-33-11-14-10-29(6-7-30(14)20(31)32)13-4-5-17(15(8-13)12-2-3-12)27-19-26-9-16(18(22)28-19)21(23,24)25/h4-5,8-9,12,14H,2-3,6-7,10-11H2,1H3,(H,31,32)(H,26,27,28). The molecular formula is C21H23ClF3N5O3. The number of nitrogens with one attached hydrogen (secondary N) is 1. The zero-order valence-corrected chi connectivity index (χ0v) is 18.5. The molecule has 178 valence electrons. The first-order valence-corrected chi connectivity index (χ1v) is 10.8. The van der Waals surface area contributed by atoms with E-state index in [0.29, 0.717) is 44.0 Å². The molecule has 8 nitrogen and oxygen atoms in total. The van der Waals surface area contributed by atoms with Gasteiger partial charge in [-0.15, -0.1) is 0 Å². The van der Waals surface area contributed by atoms with Crippen molar-refractivity contribution in [3.63, 3.8) is 0 Å². The molecule has 1 saturated heterocycles. The van der Waals surface area contributed by atoms with Gasteiger partial charge >= 0.3 is 12.3 Å². The Labute approximate surface area is 193 Å². The van der Waals surface area contributed by atoms with Gasteiger partial charge < -0.3 is 20.1 Å². The van der Waals surface area contributed by atoms with E-state index < -0.39 is 23.0 Å². The van der Waals surface area contributed by atoms with E-state index in [4.69, 9.17) is 16.3 Å². The minimum atomic E-state index is -4.62. The second-order valence-corrected chi connectivity index (χ2v) is 8.46. The molecule has 0 spiro atoms. The van der Waals surface area contributed by atoms with Gasteiger partial charge in [-0.1, -0.05) is 11.6 Å². The summed E-state index contributed by atoms with van der Waals surface area (Å²) in [6.45, 7) is 1.69. The van der Waals surface area contributed by atoms with Crippen molar-refractivity contribution in [1.29, 1.82) is 0 Å². The fourth-order valence-electron chi connectivity index (χ4n) is 4.00. The number of rotatable bonds is 6. The van der Waals surface area contributed by atoms with Crippen LogP contribution >= 0.6 is 11.6 Å². The number of carbonyl (C=O) groups is 1. The van der Waals surface area contributed by atoms with Gasteiger partial charge in [0.1, 0.15) is 10.7 Å². The van der Waals surface area contributed by atoms with Crippen LogP contribution in [-0.4, -0.2) is 65.5 Å². The number of carboxylic acid groups (broad SMARTS) is 1. The minimum Gasteiger partial charge on any atom is -0.465 e. The first-order valence-electron chi connectivity index (χ1n) is 10.4. The van der Waals surface area contributed by atoms with Crippen molar-refractivity contribution in [2.45, 2.75) is 31.0 Å². The van der Waals surface area contributed by atoms with Crippen LogP contribution in [0.5, 0.6) is 0 Å². The van der Waals surface area contributed by atoms with Crippen molar-refractivity contribution in [1.82, 2.24) is 14.9 Å². The molecule has 2 aliphatic rings. The van der Waals surface area contributed by atoms with Crippen LogP contribution < -0.4 is 10.2 Å². The van der Waals surface area contributed by atoms with Crippen LogP contribution in [0.15, 0.2) is 24.4 Å². The van der Waals surface area contributed by atoms with E-state index in [1.54, 1.807) is 7.11 Å². The van der Waals surface area contributed by atoms with Crippen molar-refractivity contribution in [2.75, 3.05) is 43.6 Å². The van der Waals surface area contributed by atoms with E-state index in [-0.39, 0.29) is 12.0 Å². The Hall–Kier alpha value is -2.79. The Morgan fingerprint density at radius 3 is 2.70 bits per heavy atom. The van der Waals surface area contributed by atoms with Crippen LogP contribution in [0.1, 0.15) is 29.9 Å². The molecule has 33 heavy (non-hydrogen) atoms. The number of ether oxygens (including phenoxy) is 1. The number of methoxy groups -OCH3 is 1. The van der Waals surface area contributed by atoms with E-state index >= 15 is 0 Å². The lowest BCUT2D eigenvalue weighted by Gasteiger charge is -2.41. The number of halogens is 4. The van der Waals surface area contributed by atoms with Gasteiger partial charge in [0.25, 0.3) is 0 Å². The van der Waals surface area contributed by atoms with Gasteiger partial charge in [0, 0.05) is 44.3 Å². The lowest BCUT2D eigenvalue weighted by molar-refractivity contribution is -0.137. The third-order valence-electron chi connectivity index (χ3n) is 5.80. The predicted molar refractivity (Wildman–Crippen MR) is 116 cm³/mol. The molecule has 2 heterocycles. The van der Waals surface area contributed by atoms with Gasteiger partial charge in [0.15, 0.2) is 0 Å². The van der Waals surface area contributed by atoms with E-state index in [1.165, 1.54) is 4.90 Å². The summed E-state index contributed by atoms with van der Waals surface area (Å²) in [5, 5.41) is 11.8. The predicted octanol–water partition coefficient (Wildman–Crippen LogP) is 4.58. The highest BCUT2D eigenvalue weighted by Crippen LogP contribution is 2.45. The Morgan fingerprint density at radius 2 is 2.09 bits per heavy atom. The normalized spacial score (nSPS) is 19.0. The van der Waals surface area contributed by atoms with Crippen LogP contribution in [0.3, 0.4) is 0 Å². The largest absolute Gasteiger partial charge is 0.465 e. The summed E-state index contributed by atoms with van der Waals surface area (Å²) in [6.07, 6.45) is -2.91. The first kappa shape index (κ1) is 23.4. The zero-order chi connectivity index (χ0) is 23.8. The molecule has 1 saturated carbocycles. The first-order chi connectivity index (χ1) is 15.7. The van der Waals surface area contributed by atoms with Gasteiger partial charge in [0.05, 0.1) is 12.6 Å². The molecule has 1 aromatic carbocycles. The number of amides is 1. The number of anilines is 3. The van der Waals surface area contributed by atoms with E-state index in [9.17, 15) is 23.1 Å². The average molecular weight is 486 g/mol. The molecule has 1 amide bonds. The molecule has 2 fully saturated rings. The van der Waals surface area contributed by atoms with Gasteiger partial charge in [-0.25, -0.2) is 14.8 Å². The summed E-state index contributed by atoms with van der Waals surface area (Å²) >= 11 is 5.72. The maximum Gasteiger partial charge on any atom is 0.420 e. The Balaban J connectivity index is 1.55. The number of benzene rings is 1. The number of hydrogen-bond acceptors (Lipinski definition) is 6. The molecule has 0 bridgehead atoms. The molecule has 12 heteroatoms. The van der Waals surface area contributed by atoms with Gasteiger partial charge in [-0.3, -0.25) is 4.90 Å². The maximum atomic E-state index is 12.9. The Bertz CT molecular complexity index is 1030. The lowest BCUT2D eigenvalue weighted by Crippen LogP contribution is -2.56. The van der Waals surface area contributed by atoms with Gasteiger partial charge in [0.2, 0.25) is 5.95 Å². The van der Waals surface area contributed by atoms with Crippen LogP contribution in [0.4, 0.5) is 35.3 Å². The van der Waals surface area contributed by atoms with Crippen LogP contribution in [0.25, 0.3) is 0 Å². The van der Waals surface area contributed by atoms with Crippen molar-refractivity contribution in [3.05, 3.63) is 40.7 Å². The van der Waals surface area contributed by atoms with E-state index in [0.717, 1.165) is 24.1 Å². The quantitative estimate of drug-likeness (QED) is 0.578. The summed E-state index contributed by atoms with van der Waals surface area (Å²) in [4.78, 5) is 22.6. The highest BCUT2D eigenvalue weighted by molar-refractivity contribution is 6.30. The Kier molecular flexibility index (Phi) is 6.53. The van der Waals surface area contributed by atoms with Crippen LogP contribution in [-0.2, 0) is 10.9 Å². The molecule has 1 aliphatic heterocycles. The average Bonchev–Trinajstić information content (AvgIpc) is 3.58. The Morgan fingerprint density at radius 1 is 1.33 bits per heavy atom.